The summed E-state index contributed by atoms with van der Waals surface area (Å²) in [7, 11) is 0. The maximum absolute atomic E-state index is 13.6. The van der Waals surface area contributed by atoms with Gasteiger partial charge < -0.3 is 5.73 Å². The van der Waals surface area contributed by atoms with Crippen LogP contribution in [0.4, 0.5) is 8.78 Å². The number of hydrogen-bond acceptors (Lipinski definition) is 1. The van der Waals surface area contributed by atoms with E-state index in [-0.39, 0.29) is 5.02 Å². The van der Waals surface area contributed by atoms with Crippen LogP contribution in [0.3, 0.4) is 0 Å². The standard InChI is InChI=1S/C14H11Cl2F2N/c15-9-2-4-12(17)10(7-9)14(19)6-8-1-3-13(18)11(16)5-8/h1-5,7,14H,6,19H2. The van der Waals surface area contributed by atoms with E-state index in [4.69, 9.17) is 28.9 Å². The first-order valence-electron chi connectivity index (χ1n) is 5.62. The van der Waals surface area contributed by atoms with E-state index in [2.05, 4.69) is 0 Å². The van der Waals surface area contributed by atoms with Crippen LogP contribution in [-0.2, 0) is 6.42 Å². The van der Waals surface area contributed by atoms with E-state index in [1.807, 2.05) is 0 Å². The molecule has 1 unspecified atom stereocenters. The Hall–Kier alpha value is -1.16. The monoisotopic (exact) mass is 301 g/mol. The third-order valence-electron chi connectivity index (χ3n) is 2.80. The van der Waals surface area contributed by atoms with Crippen molar-refractivity contribution in [1.29, 1.82) is 0 Å². The highest BCUT2D eigenvalue weighted by Gasteiger charge is 2.13. The number of halogens is 4. The van der Waals surface area contributed by atoms with Crippen LogP contribution in [0, 0.1) is 11.6 Å². The lowest BCUT2D eigenvalue weighted by Crippen LogP contribution is -2.15. The summed E-state index contributed by atoms with van der Waals surface area (Å²) in [6, 6.07) is 7.98. The van der Waals surface area contributed by atoms with E-state index >= 15 is 0 Å². The fourth-order valence-electron chi connectivity index (χ4n) is 1.83. The van der Waals surface area contributed by atoms with Gasteiger partial charge in [-0.2, -0.15) is 0 Å². The zero-order valence-electron chi connectivity index (χ0n) is 9.84. The minimum atomic E-state index is -0.569. The lowest BCUT2D eigenvalue weighted by Gasteiger charge is -2.14. The number of rotatable bonds is 3. The zero-order chi connectivity index (χ0) is 14.0. The average Bonchev–Trinajstić information content (AvgIpc) is 2.36. The summed E-state index contributed by atoms with van der Waals surface area (Å²) in [5.41, 5.74) is 7.01. The van der Waals surface area contributed by atoms with Gasteiger partial charge in [0.25, 0.3) is 0 Å². The maximum atomic E-state index is 13.6. The molecule has 1 atom stereocenters. The Labute approximate surface area is 119 Å². The molecule has 100 valence electrons. The van der Waals surface area contributed by atoms with Crippen LogP contribution < -0.4 is 5.73 Å². The van der Waals surface area contributed by atoms with Crippen molar-refractivity contribution in [2.24, 2.45) is 5.73 Å². The molecule has 0 bridgehead atoms. The van der Waals surface area contributed by atoms with Gasteiger partial charge in [0.1, 0.15) is 11.6 Å². The smallest absolute Gasteiger partial charge is 0.141 e. The van der Waals surface area contributed by atoms with E-state index in [1.165, 1.54) is 30.3 Å². The van der Waals surface area contributed by atoms with Crippen LogP contribution in [0.25, 0.3) is 0 Å². The van der Waals surface area contributed by atoms with Crippen LogP contribution in [0.15, 0.2) is 36.4 Å². The highest BCUT2D eigenvalue weighted by molar-refractivity contribution is 6.31. The normalized spacial score (nSPS) is 12.5. The molecule has 0 aliphatic rings. The average molecular weight is 302 g/mol. The second kappa shape index (κ2) is 5.87. The molecule has 0 amide bonds. The molecular weight excluding hydrogens is 291 g/mol. The van der Waals surface area contributed by atoms with Gasteiger partial charge >= 0.3 is 0 Å². The third kappa shape index (κ3) is 3.44. The predicted octanol–water partition coefficient (Wildman–Crippen LogP) is 4.51. The van der Waals surface area contributed by atoms with Crippen molar-refractivity contribution >= 4 is 23.2 Å². The Balaban J connectivity index is 2.22. The molecule has 2 N–H and O–H groups in total. The molecule has 0 saturated heterocycles. The SMILES string of the molecule is NC(Cc1ccc(F)c(Cl)c1)c1cc(Cl)ccc1F. The lowest BCUT2D eigenvalue weighted by atomic mass is 9.99. The fraction of sp³-hybridized carbons (Fsp3) is 0.143. The molecule has 0 aliphatic heterocycles. The fourth-order valence-corrected chi connectivity index (χ4v) is 2.21. The third-order valence-corrected chi connectivity index (χ3v) is 3.32. The van der Waals surface area contributed by atoms with Gasteiger partial charge in [0.05, 0.1) is 5.02 Å². The molecule has 0 heterocycles. The maximum Gasteiger partial charge on any atom is 0.141 e. The molecule has 2 aromatic carbocycles. The van der Waals surface area contributed by atoms with Crippen molar-refractivity contribution in [3.05, 3.63) is 69.2 Å². The quantitative estimate of drug-likeness (QED) is 0.886. The van der Waals surface area contributed by atoms with E-state index in [9.17, 15) is 8.78 Å². The Morgan fingerprint density at radius 1 is 1.00 bits per heavy atom. The summed E-state index contributed by atoms with van der Waals surface area (Å²) < 4.78 is 26.7. The van der Waals surface area contributed by atoms with Crippen LogP contribution in [0.5, 0.6) is 0 Å². The molecule has 0 aromatic heterocycles. The van der Waals surface area contributed by atoms with Crippen molar-refractivity contribution in [2.75, 3.05) is 0 Å². The zero-order valence-corrected chi connectivity index (χ0v) is 11.3. The summed E-state index contributed by atoms with van der Waals surface area (Å²) in [6.07, 6.45) is 0.345. The van der Waals surface area contributed by atoms with Crippen molar-refractivity contribution in [3.63, 3.8) is 0 Å². The number of nitrogens with two attached hydrogens (primary N) is 1. The van der Waals surface area contributed by atoms with Crippen LogP contribution in [-0.4, -0.2) is 0 Å². The predicted molar refractivity (Wildman–Crippen MR) is 73.5 cm³/mol. The van der Waals surface area contributed by atoms with Crippen LogP contribution in [0.2, 0.25) is 10.0 Å². The molecule has 0 aliphatic carbocycles. The molecule has 5 heteroatoms. The molecule has 0 fully saturated rings. The first kappa shape index (κ1) is 14.3. The highest BCUT2D eigenvalue weighted by atomic mass is 35.5. The van der Waals surface area contributed by atoms with Gasteiger partial charge in [-0.3, -0.25) is 0 Å². The lowest BCUT2D eigenvalue weighted by molar-refractivity contribution is 0.579. The summed E-state index contributed by atoms with van der Waals surface area (Å²) >= 11 is 11.5. The van der Waals surface area contributed by atoms with Crippen molar-refractivity contribution in [2.45, 2.75) is 12.5 Å². The van der Waals surface area contributed by atoms with Gasteiger partial charge in [0.2, 0.25) is 0 Å². The molecular formula is C14H11Cl2F2N. The van der Waals surface area contributed by atoms with Crippen molar-refractivity contribution in [1.82, 2.24) is 0 Å². The molecule has 1 nitrogen and oxygen atoms in total. The van der Waals surface area contributed by atoms with E-state index in [1.54, 1.807) is 6.07 Å². The molecule has 0 spiro atoms. The summed E-state index contributed by atoms with van der Waals surface area (Å²) in [5, 5.41) is 0.445. The van der Waals surface area contributed by atoms with E-state index < -0.39 is 17.7 Å². The summed E-state index contributed by atoms with van der Waals surface area (Å²) in [5.74, 6) is -0.905. The van der Waals surface area contributed by atoms with E-state index in [0.29, 0.717) is 17.0 Å². The minimum absolute atomic E-state index is 0.0243. The molecule has 0 saturated carbocycles. The summed E-state index contributed by atoms with van der Waals surface area (Å²) in [4.78, 5) is 0. The van der Waals surface area contributed by atoms with Gasteiger partial charge in [0.15, 0.2) is 0 Å². The first-order valence-corrected chi connectivity index (χ1v) is 6.37. The molecule has 19 heavy (non-hydrogen) atoms. The largest absolute Gasteiger partial charge is 0.324 e. The van der Waals surface area contributed by atoms with Gasteiger partial charge in [-0.15, -0.1) is 0 Å². The van der Waals surface area contributed by atoms with Crippen LogP contribution in [0.1, 0.15) is 17.2 Å². The van der Waals surface area contributed by atoms with Gasteiger partial charge in [-0.05, 0) is 42.3 Å². The Morgan fingerprint density at radius 2 is 1.68 bits per heavy atom. The molecule has 0 radical (unpaired) electrons. The molecule has 2 rings (SSSR count). The Bertz CT molecular complexity index is 602. The van der Waals surface area contributed by atoms with Gasteiger partial charge in [0, 0.05) is 16.6 Å². The number of hydrogen-bond donors (Lipinski definition) is 1. The van der Waals surface area contributed by atoms with Crippen LogP contribution >= 0.6 is 23.2 Å². The van der Waals surface area contributed by atoms with Crippen molar-refractivity contribution in [3.8, 4) is 0 Å². The Kier molecular flexibility index (Phi) is 4.40. The van der Waals surface area contributed by atoms with E-state index in [0.717, 1.165) is 5.56 Å². The highest BCUT2D eigenvalue weighted by Crippen LogP contribution is 2.24. The minimum Gasteiger partial charge on any atom is -0.324 e. The second-order valence-corrected chi connectivity index (χ2v) is 5.07. The van der Waals surface area contributed by atoms with Gasteiger partial charge in [-0.1, -0.05) is 29.3 Å². The second-order valence-electron chi connectivity index (χ2n) is 4.22. The van der Waals surface area contributed by atoms with Crippen molar-refractivity contribution < 1.29 is 8.78 Å². The summed E-state index contributed by atoms with van der Waals surface area (Å²) in [6.45, 7) is 0. The van der Waals surface area contributed by atoms with Gasteiger partial charge in [-0.25, -0.2) is 8.78 Å². The first-order chi connectivity index (χ1) is 8.97. The number of benzene rings is 2. The topological polar surface area (TPSA) is 26.0 Å². The Morgan fingerprint density at radius 3 is 2.37 bits per heavy atom. The molecule has 2 aromatic rings.